The average Bonchev–Trinajstić information content (AvgIpc) is 2.78. The Bertz CT molecular complexity index is 380. The number of aromatic nitrogens is 2. The molecule has 0 bridgehead atoms. The van der Waals surface area contributed by atoms with Crippen molar-refractivity contribution in [2.24, 2.45) is 0 Å². The number of rotatable bonds is 4. The van der Waals surface area contributed by atoms with Gasteiger partial charge in [-0.2, -0.15) is 4.98 Å². The molecule has 1 aromatic rings. The van der Waals surface area contributed by atoms with E-state index in [9.17, 15) is 5.11 Å². The molecule has 2 rings (SSSR count). The van der Waals surface area contributed by atoms with E-state index in [1.54, 1.807) is 6.92 Å². The van der Waals surface area contributed by atoms with Gasteiger partial charge < -0.3 is 14.5 Å². The van der Waals surface area contributed by atoms with Crippen LogP contribution in [0.25, 0.3) is 0 Å². The van der Waals surface area contributed by atoms with E-state index < -0.39 is 0 Å². The first-order valence-electron chi connectivity index (χ1n) is 6.45. The Morgan fingerprint density at radius 2 is 2.22 bits per heavy atom. The second-order valence-corrected chi connectivity index (χ2v) is 5.19. The topological polar surface area (TPSA) is 65.6 Å². The van der Waals surface area contributed by atoms with Gasteiger partial charge in [0.1, 0.15) is 0 Å². The zero-order valence-corrected chi connectivity index (χ0v) is 11.3. The molecule has 0 saturated carbocycles. The first-order chi connectivity index (χ1) is 8.56. The maximum atomic E-state index is 9.24. The SMILES string of the molecule is CC(O)CCc1nc(C2CN(C)CCN2C)no1. The fraction of sp³-hybridized carbons (Fsp3) is 0.833. The third kappa shape index (κ3) is 3.28. The average molecular weight is 254 g/mol. The van der Waals surface area contributed by atoms with E-state index in [1.807, 2.05) is 0 Å². The van der Waals surface area contributed by atoms with Crippen LogP contribution >= 0.6 is 0 Å². The Kier molecular flexibility index (Phi) is 4.31. The standard InChI is InChI=1S/C12H22N4O2/c1-9(17)4-5-11-13-12(14-18-11)10-8-15(2)6-7-16(10)3/h9-10,17H,4-8H2,1-3H3. The largest absolute Gasteiger partial charge is 0.393 e. The lowest BCUT2D eigenvalue weighted by molar-refractivity contribution is 0.108. The second kappa shape index (κ2) is 5.77. The van der Waals surface area contributed by atoms with E-state index in [0.29, 0.717) is 18.7 Å². The summed E-state index contributed by atoms with van der Waals surface area (Å²) in [6.07, 6.45) is 0.961. The summed E-state index contributed by atoms with van der Waals surface area (Å²) >= 11 is 0. The van der Waals surface area contributed by atoms with Gasteiger partial charge >= 0.3 is 0 Å². The van der Waals surface area contributed by atoms with Crippen molar-refractivity contribution < 1.29 is 9.63 Å². The minimum absolute atomic E-state index is 0.202. The number of piperazine rings is 1. The molecule has 18 heavy (non-hydrogen) atoms. The van der Waals surface area contributed by atoms with Crippen LogP contribution in [0, 0.1) is 0 Å². The molecule has 0 amide bonds. The van der Waals surface area contributed by atoms with E-state index in [-0.39, 0.29) is 12.1 Å². The van der Waals surface area contributed by atoms with Crippen molar-refractivity contribution >= 4 is 0 Å². The lowest BCUT2D eigenvalue weighted by Gasteiger charge is -2.35. The molecule has 1 fully saturated rings. The number of aliphatic hydroxyl groups is 1. The van der Waals surface area contributed by atoms with E-state index >= 15 is 0 Å². The highest BCUT2D eigenvalue weighted by Crippen LogP contribution is 2.21. The van der Waals surface area contributed by atoms with E-state index in [2.05, 4.69) is 34.0 Å². The maximum absolute atomic E-state index is 9.24. The monoisotopic (exact) mass is 254 g/mol. The number of aryl methyl sites for hydroxylation is 1. The van der Waals surface area contributed by atoms with E-state index in [1.165, 1.54) is 0 Å². The van der Waals surface area contributed by atoms with Gasteiger partial charge in [0.2, 0.25) is 5.89 Å². The van der Waals surface area contributed by atoms with Crippen LogP contribution < -0.4 is 0 Å². The normalized spacial score (nSPS) is 24.3. The predicted octanol–water partition coefficient (Wildman–Crippen LogP) is 0.301. The van der Waals surface area contributed by atoms with Crippen LogP contribution in [0.1, 0.15) is 31.1 Å². The second-order valence-electron chi connectivity index (χ2n) is 5.19. The number of hydrogen-bond donors (Lipinski definition) is 1. The van der Waals surface area contributed by atoms with Crippen LogP contribution in [0.2, 0.25) is 0 Å². The highest BCUT2D eigenvalue weighted by Gasteiger charge is 2.27. The predicted molar refractivity (Wildman–Crippen MR) is 67.2 cm³/mol. The van der Waals surface area contributed by atoms with Gasteiger partial charge in [-0.1, -0.05) is 5.16 Å². The van der Waals surface area contributed by atoms with Crippen molar-refractivity contribution in [1.82, 2.24) is 19.9 Å². The van der Waals surface area contributed by atoms with Gasteiger partial charge in [-0.05, 0) is 27.4 Å². The maximum Gasteiger partial charge on any atom is 0.226 e. The Hall–Kier alpha value is -0.980. The molecule has 6 nitrogen and oxygen atoms in total. The molecule has 2 unspecified atom stereocenters. The lowest BCUT2D eigenvalue weighted by atomic mass is 10.2. The van der Waals surface area contributed by atoms with Crippen LogP contribution in [0.3, 0.4) is 0 Å². The molecule has 0 aliphatic carbocycles. The molecule has 1 N–H and O–H groups in total. The first kappa shape index (κ1) is 13.5. The van der Waals surface area contributed by atoms with E-state index in [0.717, 1.165) is 25.5 Å². The van der Waals surface area contributed by atoms with Gasteiger partial charge in [0.05, 0.1) is 12.1 Å². The Labute approximate surface area is 108 Å². The summed E-state index contributed by atoms with van der Waals surface area (Å²) in [7, 11) is 4.19. The molecular formula is C12H22N4O2. The van der Waals surface area contributed by atoms with Gasteiger partial charge in [-0.25, -0.2) is 0 Å². The summed E-state index contributed by atoms with van der Waals surface area (Å²) in [6.45, 7) is 4.77. The zero-order valence-electron chi connectivity index (χ0n) is 11.3. The first-order valence-corrected chi connectivity index (χ1v) is 6.45. The van der Waals surface area contributed by atoms with Crippen molar-refractivity contribution in [3.63, 3.8) is 0 Å². The molecule has 0 radical (unpaired) electrons. The molecule has 1 aliphatic rings. The van der Waals surface area contributed by atoms with Gasteiger partial charge in [-0.15, -0.1) is 0 Å². The van der Waals surface area contributed by atoms with Crippen molar-refractivity contribution in [2.45, 2.75) is 31.9 Å². The van der Waals surface area contributed by atoms with Crippen LogP contribution in [-0.4, -0.2) is 64.9 Å². The Morgan fingerprint density at radius 3 is 2.94 bits per heavy atom. The van der Waals surface area contributed by atoms with Gasteiger partial charge in [-0.3, -0.25) is 4.90 Å². The molecule has 102 valence electrons. The Balaban J connectivity index is 1.99. The van der Waals surface area contributed by atoms with Gasteiger partial charge in [0.25, 0.3) is 0 Å². The minimum atomic E-state index is -0.330. The molecular weight excluding hydrogens is 232 g/mol. The summed E-state index contributed by atoms with van der Waals surface area (Å²) in [6, 6.07) is 0.202. The summed E-state index contributed by atoms with van der Waals surface area (Å²) in [4.78, 5) is 8.96. The Morgan fingerprint density at radius 1 is 1.44 bits per heavy atom. The van der Waals surface area contributed by atoms with Crippen molar-refractivity contribution in [3.8, 4) is 0 Å². The highest BCUT2D eigenvalue weighted by atomic mass is 16.5. The number of aliphatic hydroxyl groups excluding tert-OH is 1. The smallest absolute Gasteiger partial charge is 0.226 e. The van der Waals surface area contributed by atoms with E-state index in [4.69, 9.17) is 4.52 Å². The molecule has 1 aliphatic heterocycles. The molecule has 1 saturated heterocycles. The van der Waals surface area contributed by atoms with Crippen molar-refractivity contribution in [2.75, 3.05) is 33.7 Å². The number of hydrogen-bond acceptors (Lipinski definition) is 6. The number of likely N-dealkylation sites (N-methyl/N-ethyl adjacent to an activating group) is 2. The molecule has 2 atom stereocenters. The molecule has 2 heterocycles. The van der Waals surface area contributed by atoms with Gasteiger partial charge in [0, 0.05) is 26.1 Å². The summed E-state index contributed by atoms with van der Waals surface area (Å²) in [5.74, 6) is 1.37. The highest BCUT2D eigenvalue weighted by molar-refractivity contribution is 4.98. The van der Waals surface area contributed by atoms with Crippen LogP contribution in [-0.2, 0) is 6.42 Å². The lowest BCUT2D eigenvalue weighted by Crippen LogP contribution is -2.45. The molecule has 0 aromatic carbocycles. The summed E-state index contributed by atoms with van der Waals surface area (Å²) < 4.78 is 5.23. The fourth-order valence-electron chi connectivity index (χ4n) is 2.13. The minimum Gasteiger partial charge on any atom is -0.393 e. The van der Waals surface area contributed by atoms with Crippen LogP contribution in [0.5, 0.6) is 0 Å². The third-order valence-electron chi connectivity index (χ3n) is 3.41. The molecule has 1 aromatic heterocycles. The number of nitrogens with zero attached hydrogens (tertiary/aromatic N) is 4. The zero-order chi connectivity index (χ0) is 13.1. The van der Waals surface area contributed by atoms with Crippen molar-refractivity contribution in [3.05, 3.63) is 11.7 Å². The molecule has 6 heteroatoms. The molecule has 0 spiro atoms. The van der Waals surface area contributed by atoms with Crippen molar-refractivity contribution in [1.29, 1.82) is 0 Å². The van der Waals surface area contributed by atoms with Crippen LogP contribution in [0.4, 0.5) is 0 Å². The summed E-state index contributed by atoms with van der Waals surface area (Å²) in [5, 5.41) is 13.3. The fourth-order valence-corrected chi connectivity index (χ4v) is 2.13. The van der Waals surface area contributed by atoms with Gasteiger partial charge in [0.15, 0.2) is 5.82 Å². The van der Waals surface area contributed by atoms with Crippen LogP contribution in [0.15, 0.2) is 4.52 Å². The quantitative estimate of drug-likeness (QED) is 0.833. The third-order valence-corrected chi connectivity index (χ3v) is 3.41. The summed E-state index contributed by atoms with van der Waals surface area (Å²) in [5.41, 5.74) is 0.